The number of ether oxygens (including phenoxy) is 1. The van der Waals surface area contributed by atoms with E-state index in [-0.39, 0.29) is 24.3 Å². The molecule has 0 saturated carbocycles. The van der Waals surface area contributed by atoms with Gasteiger partial charge >= 0.3 is 5.97 Å². The minimum atomic E-state index is -1.06. The molecule has 2 rings (SSSR count). The Bertz CT molecular complexity index is 522. The first kappa shape index (κ1) is 14.0. The van der Waals surface area contributed by atoms with Crippen LogP contribution in [0.5, 0.6) is 0 Å². The highest BCUT2D eigenvalue weighted by Gasteiger charge is 2.37. The summed E-state index contributed by atoms with van der Waals surface area (Å²) in [5.74, 6) is -1.39. The first-order valence-corrected chi connectivity index (χ1v) is 6.71. The summed E-state index contributed by atoms with van der Waals surface area (Å²) in [6.45, 7) is 3.49. The molecule has 6 nitrogen and oxygen atoms in total. The number of aliphatic carboxylic acids is 1. The molecule has 1 unspecified atom stereocenters. The summed E-state index contributed by atoms with van der Waals surface area (Å²) in [6.07, 6.45) is 0.800. The monoisotopic (exact) mass is 282 g/mol. The maximum Gasteiger partial charge on any atom is 0.329 e. The van der Waals surface area contributed by atoms with Gasteiger partial charge in [0, 0.05) is 0 Å². The van der Waals surface area contributed by atoms with Crippen LogP contribution in [-0.2, 0) is 14.3 Å². The molecule has 7 heteroatoms. The average molecular weight is 282 g/mol. The van der Waals surface area contributed by atoms with Crippen molar-refractivity contribution in [3.8, 4) is 0 Å². The molecule has 1 atom stereocenters. The van der Waals surface area contributed by atoms with Gasteiger partial charge in [-0.25, -0.2) is 9.79 Å². The molecule has 2 heterocycles. The summed E-state index contributed by atoms with van der Waals surface area (Å²) in [5, 5.41) is 9.19. The number of thioether (sulfide) groups is 1. The lowest BCUT2D eigenvalue weighted by atomic mass is 9.96. The number of nitrogens with zero attached hydrogens (tertiary/aromatic N) is 2. The largest absolute Gasteiger partial charge is 0.480 e. The number of hydrogen-bond donors (Lipinski definition) is 1. The van der Waals surface area contributed by atoms with E-state index in [1.807, 2.05) is 13.8 Å². The molecule has 0 aromatic carbocycles. The van der Waals surface area contributed by atoms with Crippen LogP contribution in [0.25, 0.3) is 0 Å². The van der Waals surface area contributed by atoms with Crippen LogP contribution in [0.1, 0.15) is 20.3 Å². The Kier molecular flexibility index (Phi) is 4.16. The zero-order chi connectivity index (χ0) is 14.0. The minimum Gasteiger partial charge on any atom is -0.480 e. The maximum atomic E-state index is 12.0. The standard InChI is InChI=1S/C12H14N2O4S/c1-3-7-6(2)19-12-10(7)11(17)13-8(14-12)4-18-5-9(15)16/h10H,3-5H2,1-2H3,(H,15,16). The number of aliphatic imine (C=N–C) groups is 2. The summed E-state index contributed by atoms with van der Waals surface area (Å²) < 4.78 is 4.90. The second-order valence-electron chi connectivity index (χ2n) is 4.17. The van der Waals surface area contributed by atoms with Crippen molar-refractivity contribution < 1.29 is 19.4 Å². The summed E-state index contributed by atoms with van der Waals surface area (Å²) in [6, 6.07) is 0. The van der Waals surface area contributed by atoms with Gasteiger partial charge in [-0.3, -0.25) is 4.79 Å². The zero-order valence-corrected chi connectivity index (χ0v) is 11.5. The van der Waals surface area contributed by atoms with Crippen LogP contribution in [0.2, 0.25) is 0 Å². The van der Waals surface area contributed by atoms with E-state index in [4.69, 9.17) is 9.84 Å². The van der Waals surface area contributed by atoms with Crippen LogP contribution in [0, 0.1) is 5.92 Å². The van der Waals surface area contributed by atoms with E-state index in [0.29, 0.717) is 0 Å². The van der Waals surface area contributed by atoms with Gasteiger partial charge in [-0.15, -0.1) is 0 Å². The van der Waals surface area contributed by atoms with Crippen molar-refractivity contribution in [1.29, 1.82) is 0 Å². The fourth-order valence-electron chi connectivity index (χ4n) is 2.07. The van der Waals surface area contributed by atoms with Crippen molar-refractivity contribution in [3.05, 3.63) is 10.5 Å². The number of allylic oxidation sites excluding steroid dienone is 1. The Morgan fingerprint density at radius 3 is 2.84 bits per heavy atom. The summed E-state index contributed by atoms with van der Waals surface area (Å²) in [5.41, 5.74) is 1.07. The number of carbonyl (C=O) groups excluding carboxylic acids is 1. The minimum absolute atomic E-state index is 0.0602. The highest BCUT2D eigenvalue weighted by Crippen LogP contribution is 2.41. The molecule has 102 valence electrons. The normalized spacial score (nSPS) is 22.2. The molecule has 0 radical (unpaired) electrons. The van der Waals surface area contributed by atoms with Gasteiger partial charge in [-0.05, 0) is 23.8 Å². The van der Waals surface area contributed by atoms with Gasteiger partial charge in [0.2, 0.25) is 0 Å². The van der Waals surface area contributed by atoms with E-state index in [9.17, 15) is 9.59 Å². The Morgan fingerprint density at radius 1 is 1.47 bits per heavy atom. The van der Waals surface area contributed by atoms with Gasteiger partial charge in [0.15, 0.2) is 5.84 Å². The molecule has 0 aromatic heterocycles. The Balaban J connectivity index is 2.08. The van der Waals surface area contributed by atoms with Gasteiger partial charge < -0.3 is 9.84 Å². The zero-order valence-electron chi connectivity index (χ0n) is 10.7. The number of amides is 1. The number of fused-ring (bicyclic) bond motifs is 1. The molecule has 2 aliphatic rings. The van der Waals surface area contributed by atoms with Crippen LogP contribution < -0.4 is 0 Å². The topological polar surface area (TPSA) is 88.3 Å². The number of rotatable bonds is 5. The first-order valence-electron chi connectivity index (χ1n) is 5.90. The second kappa shape index (κ2) is 5.66. The van der Waals surface area contributed by atoms with Crippen LogP contribution >= 0.6 is 11.8 Å². The van der Waals surface area contributed by atoms with E-state index in [1.54, 1.807) is 0 Å². The third-order valence-corrected chi connectivity index (χ3v) is 3.97. The molecule has 0 bridgehead atoms. The molecule has 0 saturated heterocycles. The van der Waals surface area contributed by atoms with Gasteiger partial charge in [0.25, 0.3) is 5.91 Å². The summed E-state index contributed by atoms with van der Waals surface area (Å²) in [7, 11) is 0. The summed E-state index contributed by atoms with van der Waals surface area (Å²) >= 11 is 1.49. The predicted molar refractivity (Wildman–Crippen MR) is 72.4 cm³/mol. The van der Waals surface area contributed by atoms with Crippen molar-refractivity contribution in [2.75, 3.05) is 13.2 Å². The number of hydrogen-bond acceptors (Lipinski definition) is 5. The molecule has 0 aromatic rings. The Hall–Kier alpha value is -1.47. The SMILES string of the molecule is CCC1=C(C)SC2=NC(COCC(=O)O)=NC(=O)C21. The number of amidine groups is 1. The second-order valence-corrected chi connectivity index (χ2v) is 5.41. The number of carbonyl (C=O) groups is 2. The third-order valence-electron chi connectivity index (χ3n) is 2.87. The molecule has 2 aliphatic heterocycles. The molecule has 1 N–H and O–H groups in total. The lowest BCUT2D eigenvalue weighted by Gasteiger charge is -2.15. The van der Waals surface area contributed by atoms with Gasteiger partial charge in [0.05, 0.1) is 5.04 Å². The van der Waals surface area contributed by atoms with Crippen molar-refractivity contribution in [3.63, 3.8) is 0 Å². The lowest BCUT2D eigenvalue weighted by molar-refractivity contribution is -0.141. The van der Waals surface area contributed by atoms with E-state index >= 15 is 0 Å². The van der Waals surface area contributed by atoms with Gasteiger partial charge in [-0.2, -0.15) is 4.99 Å². The first-order chi connectivity index (χ1) is 9.02. The van der Waals surface area contributed by atoms with E-state index < -0.39 is 12.6 Å². The average Bonchev–Trinajstić information content (AvgIpc) is 2.64. The molecular formula is C12H14N2O4S. The smallest absolute Gasteiger partial charge is 0.329 e. The number of carboxylic acid groups (broad SMARTS) is 1. The fraction of sp³-hybridized carbons (Fsp3) is 0.500. The fourth-order valence-corrected chi connectivity index (χ4v) is 3.29. The Morgan fingerprint density at radius 2 is 2.21 bits per heavy atom. The van der Waals surface area contributed by atoms with Crippen molar-refractivity contribution in [1.82, 2.24) is 0 Å². The van der Waals surface area contributed by atoms with Gasteiger partial charge in [-0.1, -0.05) is 18.7 Å². The maximum absolute atomic E-state index is 12.0. The van der Waals surface area contributed by atoms with E-state index in [0.717, 1.165) is 21.9 Å². The highest BCUT2D eigenvalue weighted by molar-refractivity contribution is 8.17. The molecule has 0 aliphatic carbocycles. The van der Waals surface area contributed by atoms with Crippen LogP contribution in [0.15, 0.2) is 20.5 Å². The summed E-state index contributed by atoms with van der Waals surface area (Å²) in [4.78, 5) is 31.6. The molecule has 0 fully saturated rings. The quantitative estimate of drug-likeness (QED) is 0.825. The molecular weight excluding hydrogens is 268 g/mol. The van der Waals surface area contributed by atoms with Crippen LogP contribution in [-0.4, -0.2) is 41.1 Å². The Labute approximate surface area is 114 Å². The highest BCUT2D eigenvalue weighted by atomic mass is 32.2. The van der Waals surface area contributed by atoms with E-state index in [2.05, 4.69) is 9.98 Å². The van der Waals surface area contributed by atoms with Crippen LogP contribution in [0.4, 0.5) is 0 Å². The molecule has 19 heavy (non-hydrogen) atoms. The number of carboxylic acids is 1. The van der Waals surface area contributed by atoms with Crippen LogP contribution in [0.3, 0.4) is 0 Å². The third kappa shape index (κ3) is 2.93. The molecule has 0 spiro atoms. The van der Waals surface area contributed by atoms with Gasteiger partial charge in [0.1, 0.15) is 19.1 Å². The molecule has 1 amide bonds. The van der Waals surface area contributed by atoms with E-state index in [1.165, 1.54) is 11.8 Å². The lowest BCUT2D eigenvalue weighted by Crippen LogP contribution is -2.27. The predicted octanol–water partition coefficient (Wildman–Crippen LogP) is 1.47. The van der Waals surface area contributed by atoms with Crippen molar-refractivity contribution in [2.24, 2.45) is 15.9 Å². The van der Waals surface area contributed by atoms with Crippen molar-refractivity contribution in [2.45, 2.75) is 20.3 Å². The van der Waals surface area contributed by atoms with Crippen molar-refractivity contribution >= 4 is 34.5 Å².